The highest BCUT2D eigenvalue weighted by molar-refractivity contribution is 7.38. The van der Waals surface area contributed by atoms with Gasteiger partial charge < -0.3 is 9.47 Å². The van der Waals surface area contributed by atoms with Gasteiger partial charge in [-0.25, -0.2) is 0 Å². The fourth-order valence-electron chi connectivity index (χ4n) is 3.25. The summed E-state index contributed by atoms with van der Waals surface area (Å²) >= 11 is 5.57. The highest BCUT2D eigenvalue weighted by Crippen LogP contribution is 2.49. The summed E-state index contributed by atoms with van der Waals surface area (Å²) in [6.07, 6.45) is 0. The average molecular weight is 409 g/mol. The van der Waals surface area contributed by atoms with Gasteiger partial charge in [-0.1, -0.05) is 24.3 Å². The molecule has 0 saturated carbocycles. The lowest BCUT2D eigenvalue weighted by molar-refractivity contribution is 0.415. The third kappa shape index (κ3) is 2.74. The second kappa shape index (κ2) is 6.68. The summed E-state index contributed by atoms with van der Waals surface area (Å²) in [5.74, 6) is 1.78. The molecule has 2 nitrogen and oxygen atoms in total. The van der Waals surface area contributed by atoms with Crippen LogP contribution in [0.25, 0.3) is 41.1 Å². The predicted octanol–water partition coefficient (Wildman–Crippen LogP) is 7.53. The van der Waals surface area contributed by atoms with E-state index in [0.717, 1.165) is 11.5 Å². The van der Waals surface area contributed by atoms with Crippen LogP contribution in [-0.4, -0.2) is 14.2 Å². The van der Waals surface area contributed by atoms with Gasteiger partial charge in [-0.05, 0) is 35.4 Å². The van der Waals surface area contributed by atoms with E-state index in [-0.39, 0.29) is 0 Å². The van der Waals surface area contributed by atoms with Crippen LogP contribution in [0, 0.1) is 0 Å². The van der Waals surface area contributed by atoms with E-state index in [1.165, 1.54) is 41.1 Å². The maximum absolute atomic E-state index is 5.29. The van der Waals surface area contributed by atoms with Crippen molar-refractivity contribution in [2.75, 3.05) is 14.2 Å². The summed E-state index contributed by atoms with van der Waals surface area (Å²) in [5, 5.41) is 4.55. The quantitative estimate of drug-likeness (QED) is 0.306. The van der Waals surface area contributed by atoms with Crippen LogP contribution in [0.4, 0.5) is 0 Å². The Morgan fingerprint density at radius 2 is 0.963 bits per heavy atom. The van der Waals surface area contributed by atoms with Gasteiger partial charge >= 0.3 is 0 Å². The zero-order chi connectivity index (χ0) is 18.4. The van der Waals surface area contributed by atoms with Gasteiger partial charge in [0.25, 0.3) is 0 Å². The molecule has 134 valence electrons. The van der Waals surface area contributed by atoms with Crippen LogP contribution in [0.2, 0.25) is 0 Å². The van der Waals surface area contributed by atoms with E-state index in [4.69, 9.17) is 9.47 Å². The highest BCUT2D eigenvalue weighted by Gasteiger charge is 2.17. The molecule has 5 heteroatoms. The summed E-state index contributed by atoms with van der Waals surface area (Å²) in [6.45, 7) is 0. The maximum atomic E-state index is 5.29. The van der Waals surface area contributed by atoms with E-state index in [1.54, 1.807) is 14.2 Å². The number of benzene rings is 2. The van der Waals surface area contributed by atoms with Crippen molar-refractivity contribution in [1.82, 2.24) is 0 Å². The third-order valence-electron chi connectivity index (χ3n) is 4.70. The summed E-state index contributed by atoms with van der Waals surface area (Å²) in [7, 11) is 3.40. The first-order chi connectivity index (χ1) is 13.3. The molecule has 0 atom stereocenters. The molecule has 5 rings (SSSR count). The van der Waals surface area contributed by atoms with Crippen molar-refractivity contribution < 1.29 is 9.47 Å². The number of ether oxygens (including phenoxy) is 2. The maximum Gasteiger partial charge on any atom is 0.118 e. The number of hydrogen-bond acceptors (Lipinski definition) is 5. The van der Waals surface area contributed by atoms with Crippen LogP contribution in [0.5, 0.6) is 11.5 Å². The van der Waals surface area contributed by atoms with E-state index in [0.29, 0.717) is 0 Å². The topological polar surface area (TPSA) is 18.5 Å². The molecular weight excluding hydrogens is 392 g/mol. The van der Waals surface area contributed by atoms with Crippen molar-refractivity contribution in [2.24, 2.45) is 0 Å². The molecule has 5 aromatic rings. The van der Waals surface area contributed by atoms with Gasteiger partial charge in [0.2, 0.25) is 0 Å². The Morgan fingerprint density at radius 1 is 0.556 bits per heavy atom. The molecule has 0 unspecified atom stereocenters. The molecule has 0 spiro atoms. The number of fused-ring (bicyclic) bond motifs is 3. The standard InChI is InChI=1S/C22H16O2S3/c1-23-15-7-3-13(4-8-15)17-11-25-21-19(17)27-20-18(12-26-22(20)21)14-5-9-16(24-2)10-6-14/h3-12H,1-2H3. The van der Waals surface area contributed by atoms with Crippen molar-refractivity contribution in [1.29, 1.82) is 0 Å². The van der Waals surface area contributed by atoms with Crippen molar-refractivity contribution in [3.8, 4) is 33.8 Å². The van der Waals surface area contributed by atoms with Crippen LogP contribution in [0.1, 0.15) is 0 Å². The number of hydrogen-bond donors (Lipinski definition) is 0. The van der Waals surface area contributed by atoms with Crippen LogP contribution < -0.4 is 9.47 Å². The number of thiophene rings is 3. The molecule has 0 N–H and O–H groups in total. The average Bonchev–Trinajstić information content (AvgIpc) is 3.40. The smallest absolute Gasteiger partial charge is 0.118 e. The molecular formula is C22H16O2S3. The lowest BCUT2D eigenvalue weighted by Crippen LogP contribution is -1.81. The van der Waals surface area contributed by atoms with E-state index in [1.807, 2.05) is 58.3 Å². The van der Waals surface area contributed by atoms with Gasteiger partial charge in [0.05, 0.1) is 33.0 Å². The van der Waals surface area contributed by atoms with E-state index in [2.05, 4.69) is 35.0 Å². The lowest BCUT2D eigenvalue weighted by atomic mass is 10.1. The molecule has 0 aliphatic heterocycles. The second-order valence-corrected chi connectivity index (χ2v) is 8.95. The Hall–Kier alpha value is -2.34. The Labute approximate surface area is 169 Å². The lowest BCUT2D eigenvalue weighted by Gasteiger charge is -2.02. The minimum atomic E-state index is 0.888. The van der Waals surface area contributed by atoms with E-state index < -0.39 is 0 Å². The molecule has 0 radical (unpaired) electrons. The predicted molar refractivity (Wildman–Crippen MR) is 119 cm³/mol. The SMILES string of the molecule is COc1ccc(-c2csc3c2sc2c(-c4ccc(OC)cc4)csc23)cc1. The first kappa shape index (κ1) is 16.8. The van der Waals surface area contributed by atoms with Gasteiger partial charge in [0, 0.05) is 21.9 Å². The van der Waals surface area contributed by atoms with E-state index in [9.17, 15) is 0 Å². The minimum absolute atomic E-state index is 0.888. The fourth-order valence-corrected chi connectivity index (χ4v) is 7.36. The zero-order valence-electron chi connectivity index (χ0n) is 14.8. The normalized spacial score (nSPS) is 11.3. The monoisotopic (exact) mass is 408 g/mol. The molecule has 3 aromatic heterocycles. The molecule has 3 heterocycles. The molecule has 0 saturated heterocycles. The van der Waals surface area contributed by atoms with Crippen LogP contribution in [-0.2, 0) is 0 Å². The largest absolute Gasteiger partial charge is 0.497 e. The van der Waals surface area contributed by atoms with Gasteiger partial charge in [-0.2, -0.15) is 0 Å². The van der Waals surface area contributed by atoms with Gasteiger partial charge in [0.1, 0.15) is 11.5 Å². The van der Waals surface area contributed by atoms with Gasteiger partial charge in [0.15, 0.2) is 0 Å². The molecule has 27 heavy (non-hydrogen) atoms. The van der Waals surface area contributed by atoms with Gasteiger partial charge in [-0.3, -0.25) is 0 Å². The Kier molecular flexibility index (Phi) is 4.16. The summed E-state index contributed by atoms with van der Waals surface area (Å²) in [4.78, 5) is 0. The van der Waals surface area contributed by atoms with Crippen LogP contribution in [0.15, 0.2) is 59.3 Å². The second-order valence-electron chi connectivity index (χ2n) is 6.17. The highest BCUT2D eigenvalue weighted by atomic mass is 32.1. The number of methoxy groups -OCH3 is 2. The first-order valence-corrected chi connectivity index (χ1v) is 11.1. The molecule has 0 fully saturated rings. The molecule has 0 aliphatic carbocycles. The third-order valence-corrected chi connectivity index (χ3v) is 8.34. The van der Waals surface area contributed by atoms with Crippen molar-refractivity contribution in [2.45, 2.75) is 0 Å². The van der Waals surface area contributed by atoms with Crippen LogP contribution in [0.3, 0.4) is 0 Å². The van der Waals surface area contributed by atoms with Crippen molar-refractivity contribution >= 4 is 52.8 Å². The summed E-state index contributed by atoms with van der Waals surface area (Å²) in [5.41, 5.74) is 5.10. The minimum Gasteiger partial charge on any atom is -0.497 e. The Bertz CT molecular complexity index is 1130. The Morgan fingerprint density at radius 3 is 1.33 bits per heavy atom. The van der Waals surface area contributed by atoms with E-state index >= 15 is 0 Å². The summed E-state index contributed by atoms with van der Waals surface area (Å²) < 4.78 is 16.1. The Balaban J connectivity index is 1.64. The molecule has 2 aromatic carbocycles. The first-order valence-electron chi connectivity index (χ1n) is 8.48. The summed E-state index contributed by atoms with van der Waals surface area (Å²) in [6, 6.07) is 16.7. The van der Waals surface area contributed by atoms with Crippen molar-refractivity contribution in [3.63, 3.8) is 0 Å². The van der Waals surface area contributed by atoms with Crippen LogP contribution >= 0.6 is 34.0 Å². The number of rotatable bonds is 4. The molecule has 0 bridgehead atoms. The van der Waals surface area contributed by atoms with Gasteiger partial charge in [-0.15, -0.1) is 34.0 Å². The molecule has 0 amide bonds. The zero-order valence-corrected chi connectivity index (χ0v) is 17.3. The molecule has 0 aliphatic rings. The fraction of sp³-hybridized carbons (Fsp3) is 0.0909. The van der Waals surface area contributed by atoms with Crippen molar-refractivity contribution in [3.05, 3.63) is 59.3 Å².